The SMILES string of the molecule is Cc1noc(C)c1CSCC(=O)NCC(N)=O. The van der Waals surface area contributed by atoms with Gasteiger partial charge in [-0.3, -0.25) is 9.59 Å². The van der Waals surface area contributed by atoms with Gasteiger partial charge in [-0.1, -0.05) is 5.16 Å². The topological polar surface area (TPSA) is 98.2 Å². The molecule has 0 bridgehead atoms. The molecule has 0 aliphatic carbocycles. The number of primary amides is 1. The van der Waals surface area contributed by atoms with E-state index in [2.05, 4.69) is 10.5 Å². The van der Waals surface area contributed by atoms with Crippen LogP contribution in [-0.4, -0.2) is 29.3 Å². The molecule has 0 atom stereocenters. The van der Waals surface area contributed by atoms with Crippen LogP contribution in [0.15, 0.2) is 4.52 Å². The lowest BCUT2D eigenvalue weighted by Gasteiger charge is -2.02. The monoisotopic (exact) mass is 257 g/mol. The second kappa shape index (κ2) is 6.29. The first-order valence-corrected chi connectivity index (χ1v) is 6.20. The number of hydrogen-bond acceptors (Lipinski definition) is 5. The van der Waals surface area contributed by atoms with Crippen molar-refractivity contribution in [2.45, 2.75) is 19.6 Å². The number of amides is 2. The summed E-state index contributed by atoms with van der Waals surface area (Å²) in [6.45, 7) is 3.58. The van der Waals surface area contributed by atoms with E-state index in [0.717, 1.165) is 17.0 Å². The molecule has 7 heteroatoms. The van der Waals surface area contributed by atoms with Crippen molar-refractivity contribution < 1.29 is 14.1 Å². The Balaban J connectivity index is 2.28. The molecule has 0 saturated carbocycles. The average molecular weight is 257 g/mol. The predicted molar refractivity (Wildman–Crippen MR) is 64.3 cm³/mol. The number of carbonyl (C=O) groups excluding carboxylic acids is 2. The van der Waals surface area contributed by atoms with Crippen LogP contribution in [-0.2, 0) is 15.3 Å². The fourth-order valence-electron chi connectivity index (χ4n) is 1.19. The largest absolute Gasteiger partial charge is 0.368 e. The first-order valence-electron chi connectivity index (χ1n) is 5.05. The number of thioether (sulfide) groups is 1. The molecule has 0 saturated heterocycles. The number of hydrogen-bond donors (Lipinski definition) is 2. The van der Waals surface area contributed by atoms with E-state index in [4.69, 9.17) is 10.3 Å². The number of nitrogens with one attached hydrogen (secondary N) is 1. The molecular weight excluding hydrogens is 242 g/mol. The first kappa shape index (κ1) is 13.6. The van der Waals surface area contributed by atoms with Gasteiger partial charge in [-0.15, -0.1) is 11.8 Å². The number of aromatic nitrogens is 1. The Bertz CT molecular complexity index is 397. The van der Waals surface area contributed by atoms with E-state index in [-0.39, 0.29) is 18.2 Å². The molecule has 1 heterocycles. The molecule has 0 aromatic carbocycles. The molecule has 0 unspecified atom stereocenters. The van der Waals surface area contributed by atoms with Crippen molar-refractivity contribution >= 4 is 23.6 Å². The lowest BCUT2D eigenvalue weighted by Crippen LogP contribution is -2.34. The molecule has 0 aliphatic heterocycles. The molecule has 1 rings (SSSR count). The van der Waals surface area contributed by atoms with E-state index < -0.39 is 5.91 Å². The standard InChI is InChI=1S/C10H15N3O3S/c1-6-8(7(2)16-13-6)4-17-5-10(15)12-3-9(11)14/h3-5H2,1-2H3,(H2,11,14)(H,12,15). The zero-order valence-corrected chi connectivity index (χ0v) is 10.6. The average Bonchev–Trinajstić information content (AvgIpc) is 2.57. The van der Waals surface area contributed by atoms with Crippen LogP contribution in [0.4, 0.5) is 0 Å². The van der Waals surface area contributed by atoms with Gasteiger partial charge >= 0.3 is 0 Å². The van der Waals surface area contributed by atoms with Gasteiger partial charge in [0.15, 0.2) is 0 Å². The first-order chi connectivity index (χ1) is 8.00. The van der Waals surface area contributed by atoms with Crippen LogP contribution in [0.3, 0.4) is 0 Å². The summed E-state index contributed by atoms with van der Waals surface area (Å²) in [6, 6.07) is 0. The van der Waals surface area contributed by atoms with E-state index in [9.17, 15) is 9.59 Å². The van der Waals surface area contributed by atoms with Crippen LogP contribution in [0.25, 0.3) is 0 Å². The van der Waals surface area contributed by atoms with Crippen LogP contribution in [0.5, 0.6) is 0 Å². The Morgan fingerprint density at radius 2 is 2.18 bits per heavy atom. The Morgan fingerprint density at radius 1 is 1.47 bits per heavy atom. The second-order valence-electron chi connectivity index (χ2n) is 3.54. The highest BCUT2D eigenvalue weighted by Gasteiger charge is 2.10. The van der Waals surface area contributed by atoms with Crippen LogP contribution in [0, 0.1) is 13.8 Å². The minimum atomic E-state index is -0.547. The summed E-state index contributed by atoms with van der Waals surface area (Å²) in [7, 11) is 0. The number of nitrogens with two attached hydrogens (primary N) is 1. The zero-order chi connectivity index (χ0) is 12.8. The third-order valence-corrected chi connectivity index (χ3v) is 3.08. The van der Waals surface area contributed by atoms with Crippen molar-refractivity contribution in [3.8, 4) is 0 Å². The maximum Gasteiger partial charge on any atom is 0.236 e. The highest BCUT2D eigenvalue weighted by Crippen LogP contribution is 2.18. The van der Waals surface area contributed by atoms with Gasteiger partial charge in [-0.2, -0.15) is 0 Å². The summed E-state index contributed by atoms with van der Waals surface area (Å²) in [5.74, 6) is 0.949. The van der Waals surface area contributed by atoms with E-state index in [1.165, 1.54) is 11.8 Å². The van der Waals surface area contributed by atoms with Crippen LogP contribution >= 0.6 is 11.8 Å². The van der Waals surface area contributed by atoms with Gasteiger partial charge in [-0.25, -0.2) is 0 Å². The smallest absolute Gasteiger partial charge is 0.236 e. The van der Waals surface area contributed by atoms with Crippen LogP contribution in [0.2, 0.25) is 0 Å². The van der Waals surface area contributed by atoms with E-state index in [0.29, 0.717) is 5.75 Å². The van der Waals surface area contributed by atoms with Crippen LogP contribution in [0.1, 0.15) is 17.0 Å². The Labute approximate surface area is 103 Å². The third kappa shape index (κ3) is 4.48. The summed E-state index contributed by atoms with van der Waals surface area (Å²) in [4.78, 5) is 21.7. The third-order valence-electron chi connectivity index (χ3n) is 2.12. The second-order valence-corrected chi connectivity index (χ2v) is 4.52. The molecule has 0 fully saturated rings. The summed E-state index contributed by atoms with van der Waals surface area (Å²) >= 11 is 1.43. The van der Waals surface area contributed by atoms with Gasteiger partial charge in [0.05, 0.1) is 18.0 Å². The van der Waals surface area contributed by atoms with Gasteiger partial charge in [0.2, 0.25) is 11.8 Å². The summed E-state index contributed by atoms with van der Waals surface area (Å²) in [5.41, 5.74) is 6.76. The van der Waals surface area contributed by atoms with Crippen molar-refractivity contribution in [2.24, 2.45) is 5.73 Å². The Kier molecular flexibility index (Phi) is 5.02. The van der Waals surface area contributed by atoms with Crippen molar-refractivity contribution in [3.05, 3.63) is 17.0 Å². The molecule has 17 heavy (non-hydrogen) atoms. The quantitative estimate of drug-likeness (QED) is 0.754. The lowest BCUT2D eigenvalue weighted by molar-refractivity contribution is -0.123. The predicted octanol–water partition coefficient (Wildman–Crippen LogP) is 0.126. The molecule has 94 valence electrons. The zero-order valence-electron chi connectivity index (χ0n) is 9.78. The van der Waals surface area contributed by atoms with Gasteiger partial charge < -0.3 is 15.6 Å². The fraction of sp³-hybridized carbons (Fsp3) is 0.500. The number of aryl methyl sites for hydroxylation is 2. The van der Waals surface area contributed by atoms with E-state index in [1.54, 1.807) is 0 Å². The van der Waals surface area contributed by atoms with Gasteiger partial charge in [0.1, 0.15) is 5.76 Å². The van der Waals surface area contributed by atoms with Crippen molar-refractivity contribution in [3.63, 3.8) is 0 Å². The van der Waals surface area contributed by atoms with Gasteiger partial charge in [-0.05, 0) is 13.8 Å². The molecule has 0 spiro atoms. The fourth-order valence-corrected chi connectivity index (χ4v) is 2.20. The number of carbonyl (C=O) groups is 2. The normalized spacial score (nSPS) is 10.2. The molecule has 2 amide bonds. The number of rotatable bonds is 6. The highest BCUT2D eigenvalue weighted by molar-refractivity contribution is 7.99. The minimum Gasteiger partial charge on any atom is -0.368 e. The summed E-state index contributed by atoms with van der Waals surface area (Å²) < 4.78 is 5.01. The lowest BCUT2D eigenvalue weighted by atomic mass is 10.2. The molecule has 3 N–H and O–H groups in total. The van der Waals surface area contributed by atoms with Gasteiger partial charge in [0.25, 0.3) is 0 Å². The summed E-state index contributed by atoms with van der Waals surface area (Å²) in [6.07, 6.45) is 0. The van der Waals surface area contributed by atoms with Crippen LogP contribution < -0.4 is 11.1 Å². The number of nitrogens with zero attached hydrogens (tertiary/aromatic N) is 1. The maximum atomic E-state index is 11.3. The van der Waals surface area contributed by atoms with Gasteiger partial charge in [0, 0.05) is 11.3 Å². The minimum absolute atomic E-state index is 0.120. The van der Waals surface area contributed by atoms with Crippen molar-refractivity contribution in [1.82, 2.24) is 10.5 Å². The Hall–Kier alpha value is -1.50. The molecular formula is C10H15N3O3S. The molecule has 1 aromatic rings. The highest BCUT2D eigenvalue weighted by atomic mass is 32.2. The molecule has 6 nitrogen and oxygen atoms in total. The van der Waals surface area contributed by atoms with E-state index >= 15 is 0 Å². The Morgan fingerprint density at radius 3 is 2.71 bits per heavy atom. The molecule has 0 radical (unpaired) electrons. The molecule has 0 aliphatic rings. The van der Waals surface area contributed by atoms with Crippen molar-refractivity contribution in [1.29, 1.82) is 0 Å². The maximum absolute atomic E-state index is 11.3. The van der Waals surface area contributed by atoms with Crippen molar-refractivity contribution in [2.75, 3.05) is 12.3 Å². The summed E-state index contributed by atoms with van der Waals surface area (Å²) in [5, 5.41) is 6.24. The van der Waals surface area contributed by atoms with E-state index in [1.807, 2.05) is 13.8 Å². The molecule has 1 aromatic heterocycles.